The molecule has 0 aliphatic rings. The molecule has 2 N–H and O–H groups in total. The van der Waals surface area contributed by atoms with Crippen LogP contribution in [0.5, 0.6) is 0 Å². The monoisotopic (exact) mass is 276 g/mol. The molecule has 1 rings (SSSR count). The van der Waals surface area contributed by atoms with Crippen LogP contribution in [0.1, 0.15) is 32.9 Å². The van der Waals surface area contributed by atoms with Gasteiger partial charge in [-0.3, -0.25) is 0 Å². The predicted octanol–water partition coefficient (Wildman–Crippen LogP) is 3.38. The van der Waals surface area contributed by atoms with E-state index in [0.29, 0.717) is 5.92 Å². The summed E-state index contributed by atoms with van der Waals surface area (Å²) in [5, 5.41) is 5.56. The van der Waals surface area contributed by atoms with E-state index in [1.807, 2.05) is 20.8 Å². The molecule has 1 aromatic rings. The van der Waals surface area contributed by atoms with E-state index >= 15 is 0 Å². The maximum Gasteiger partial charge on any atom is 0.433 e. The number of halogens is 3. The molecule has 4 nitrogen and oxygen atoms in total. The molecular formula is C12H19F3N4. The number of hydrogen-bond acceptors (Lipinski definition) is 4. The van der Waals surface area contributed by atoms with Crippen molar-refractivity contribution in [1.29, 1.82) is 0 Å². The highest BCUT2D eigenvalue weighted by Crippen LogP contribution is 2.30. The quantitative estimate of drug-likeness (QED) is 0.865. The van der Waals surface area contributed by atoms with Crippen molar-refractivity contribution in [2.24, 2.45) is 5.92 Å². The lowest BCUT2D eigenvalue weighted by Crippen LogP contribution is -2.26. The van der Waals surface area contributed by atoms with Gasteiger partial charge >= 0.3 is 6.18 Å². The Morgan fingerprint density at radius 2 is 1.89 bits per heavy atom. The second-order valence-electron chi connectivity index (χ2n) is 4.61. The van der Waals surface area contributed by atoms with Gasteiger partial charge in [-0.2, -0.15) is 18.2 Å². The molecule has 19 heavy (non-hydrogen) atoms. The first-order valence-corrected chi connectivity index (χ1v) is 6.18. The van der Waals surface area contributed by atoms with Crippen LogP contribution in [0.15, 0.2) is 6.07 Å². The average molecular weight is 276 g/mol. The molecule has 0 amide bonds. The van der Waals surface area contributed by atoms with E-state index in [1.54, 1.807) is 0 Å². The van der Waals surface area contributed by atoms with Crippen molar-refractivity contribution in [3.8, 4) is 0 Å². The Morgan fingerprint density at radius 3 is 2.32 bits per heavy atom. The fraction of sp³-hybridized carbons (Fsp3) is 0.667. The number of aromatic nitrogens is 2. The van der Waals surface area contributed by atoms with Crippen LogP contribution in [0.3, 0.4) is 0 Å². The number of alkyl halides is 3. The van der Waals surface area contributed by atoms with E-state index in [9.17, 15) is 13.2 Å². The first kappa shape index (κ1) is 15.5. The third-order valence-electron chi connectivity index (χ3n) is 2.82. The van der Waals surface area contributed by atoms with Crippen molar-refractivity contribution in [3.05, 3.63) is 11.8 Å². The van der Waals surface area contributed by atoms with Gasteiger partial charge in [0.25, 0.3) is 0 Å². The zero-order chi connectivity index (χ0) is 14.6. The Labute approximate surface area is 110 Å². The van der Waals surface area contributed by atoms with E-state index in [1.165, 1.54) is 7.05 Å². The van der Waals surface area contributed by atoms with Crippen LogP contribution in [0.25, 0.3) is 0 Å². The standard InChI is InChI=1S/C12H19F3N4/c1-5-8(7(2)3)17-10-6-9(12(13,14)15)18-11(16-4)19-10/h6-8H,5H2,1-4H3,(H2,16,17,18,19). The Kier molecular flexibility index (Phi) is 4.97. The number of anilines is 2. The van der Waals surface area contributed by atoms with E-state index in [0.717, 1.165) is 12.5 Å². The molecule has 0 aliphatic heterocycles. The third kappa shape index (κ3) is 4.25. The average Bonchev–Trinajstić information content (AvgIpc) is 2.34. The molecule has 1 aromatic heterocycles. The van der Waals surface area contributed by atoms with Gasteiger partial charge in [0.1, 0.15) is 5.82 Å². The molecule has 108 valence electrons. The molecule has 1 heterocycles. The highest BCUT2D eigenvalue weighted by atomic mass is 19.4. The number of nitrogens with one attached hydrogen (secondary N) is 2. The Hall–Kier alpha value is -1.53. The lowest BCUT2D eigenvalue weighted by Gasteiger charge is -2.22. The Morgan fingerprint density at radius 1 is 1.26 bits per heavy atom. The van der Waals surface area contributed by atoms with Gasteiger partial charge in [0.05, 0.1) is 0 Å². The van der Waals surface area contributed by atoms with Crippen molar-refractivity contribution in [2.75, 3.05) is 17.7 Å². The fourth-order valence-electron chi connectivity index (χ4n) is 1.71. The summed E-state index contributed by atoms with van der Waals surface area (Å²) < 4.78 is 38.1. The predicted molar refractivity (Wildman–Crippen MR) is 69.1 cm³/mol. The molecule has 0 radical (unpaired) electrons. The number of hydrogen-bond donors (Lipinski definition) is 2. The molecule has 0 spiro atoms. The molecule has 7 heteroatoms. The highest BCUT2D eigenvalue weighted by Gasteiger charge is 2.33. The molecule has 0 bridgehead atoms. The summed E-state index contributed by atoms with van der Waals surface area (Å²) in [5.41, 5.74) is -0.951. The third-order valence-corrected chi connectivity index (χ3v) is 2.82. The van der Waals surface area contributed by atoms with E-state index < -0.39 is 11.9 Å². The second kappa shape index (κ2) is 6.08. The van der Waals surface area contributed by atoms with E-state index in [2.05, 4.69) is 20.6 Å². The molecular weight excluding hydrogens is 257 g/mol. The van der Waals surface area contributed by atoms with Crippen LogP contribution in [-0.2, 0) is 6.18 Å². The summed E-state index contributed by atoms with van der Waals surface area (Å²) in [6.07, 6.45) is -3.68. The minimum Gasteiger partial charge on any atom is -0.367 e. The largest absolute Gasteiger partial charge is 0.433 e. The highest BCUT2D eigenvalue weighted by molar-refractivity contribution is 5.43. The van der Waals surface area contributed by atoms with Crippen molar-refractivity contribution in [2.45, 2.75) is 39.4 Å². The first-order chi connectivity index (χ1) is 8.77. The van der Waals surface area contributed by atoms with Gasteiger partial charge in [-0.15, -0.1) is 0 Å². The second-order valence-corrected chi connectivity index (χ2v) is 4.61. The number of nitrogens with zero attached hydrogens (tertiary/aromatic N) is 2. The molecule has 0 saturated carbocycles. The van der Waals surface area contributed by atoms with Crippen LogP contribution in [0, 0.1) is 5.92 Å². The van der Waals surface area contributed by atoms with Crippen LogP contribution in [-0.4, -0.2) is 23.1 Å². The van der Waals surface area contributed by atoms with Gasteiger partial charge < -0.3 is 10.6 Å². The van der Waals surface area contributed by atoms with Crippen LogP contribution < -0.4 is 10.6 Å². The van der Waals surface area contributed by atoms with Gasteiger partial charge in [-0.1, -0.05) is 20.8 Å². The zero-order valence-electron chi connectivity index (χ0n) is 11.5. The van der Waals surface area contributed by atoms with Crippen molar-refractivity contribution in [1.82, 2.24) is 9.97 Å². The zero-order valence-corrected chi connectivity index (χ0v) is 11.5. The normalized spacial score (nSPS) is 13.5. The SMILES string of the molecule is CCC(Nc1cc(C(F)(F)F)nc(NC)n1)C(C)C. The van der Waals surface area contributed by atoms with Crippen molar-refractivity contribution >= 4 is 11.8 Å². The smallest absolute Gasteiger partial charge is 0.367 e. The van der Waals surface area contributed by atoms with Crippen LogP contribution >= 0.6 is 0 Å². The topological polar surface area (TPSA) is 49.8 Å². The van der Waals surface area contributed by atoms with E-state index in [4.69, 9.17) is 0 Å². The van der Waals surface area contributed by atoms with Gasteiger partial charge in [-0.25, -0.2) is 4.98 Å². The van der Waals surface area contributed by atoms with Crippen LogP contribution in [0.4, 0.5) is 24.9 Å². The Bertz CT molecular complexity index is 418. The summed E-state index contributed by atoms with van der Waals surface area (Å²) in [6.45, 7) is 5.99. The van der Waals surface area contributed by atoms with Crippen molar-refractivity contribution < 1.29 is 13.2 Å². The Balaban J connectivity index is 3.07. The molecule has 1 unspecified atom stereocenters. The van der Waals surface area contributed by atoms with Gasteiger partial charge in [0.2, 0.25) is 5.95 Å². The van der Waals surface area contributed by atoms with Gasteiger partial charge in [-0.05, 0) is 12.3 Å². The molecule has 0 saturated heterocycles. The van der Waals surface area contributed by atoms with E-state index in [-0.39, 0.29) is 17.8 Å². The summed E-state index contributed by atoms with van der Waals surface area (Å²) in [5.74, 6) is 0.440. The maximum absolute atomic E-state index is 12.7. The molecule has 1 atom stereocenters. The summed E-state index contributed by atoms with van der Waals surface area (Å²) in [6, 6.07) is 1.01. The van der Waals surface area contributed by atoms with Crippen molar-refractivity contribution in [3.63, 3.8) is 0 Å². The van der Waals surface area contributed by atoms with Gasteiger partial charge in [0, 0.05) is 19.2 Å². The number of rotatable bonds is 5. The lowest BCUT2D eigenvalue weighted by atomic mass is 10.0. The van der Waals surface area contributed by atoms with Crippen LogP contribution in [0.2, 0.25) is 0 Å². The minimum absolute atomic E-state index is 0.0454. The molecule has 0 aromatic carbocycles. The fourth-order valence-corrected chi connectivity index (χ4v) is 1.71. The molecule has 0 aliphatic carbocycles. The minimum atomic E-state index is -4.48. The summed E-state index contributed by atoms with van der Waals surface area (Å²) >= 11 is 0. The lowest BCUT2D eigenvalue weighted by molar-refractivity contribution is -0.141. The maximum atomic E-state index is 12.7. The molecule has 0 fully saturated rings. The summed E-state index contributed by atoms with van der Waals surface area (Å²) in [7, 11) is 1.49. The summed E-state index contributed by atoms with van der Waals surface area (Å²) in [4.78, 5) is 7.42. The first-order valence-electron chi connectivity index (χ1n) is 6.18. The van der Waals surface area contributed by atoms with Gasteiger partial charge in [0.15, 0.2) is 5.69 Å².